The Morgan fingerprint density at radius 1 is 1.33 bits per heavy atom. The summed E-state index contributed by atoms with van der Waals surface area (Å²) in [7, 11) is 0. The monoisotopic (exact) mass is 418 g/mol. The van der Waals surface area contributed by atoms with Gasteiger partial charge in [-0.25, -0.2) is 14.4 Å². The zero-order valence-electron chi connectivity index (χ0n) is 16.2. The Balaban J connectivity index is 1.96. The Bertz CT molecular complexity index is 1100. The quantitative estimate of drug-likeness (QED) is 0.789. The van der Waals surface area contributed by atoms with E-state index in [-0.39, 0.29) is 22.6 Å². The van der Waals surface area contributed by atoms with Crippen molar-refractivity contribution >= 4 is 17.6 Å². The number of nitrogens with two attached hydrogens (primary N) is 1. The predicted molar refractivity (Wildman–Crippen MR) is 100 cm³/mol. The fourth-order valence-corrected chi connectivity index (χ4v) is 3.03. The van der Waals surface area contributed by atoms with Gasteiger partial charge in [0.05, 0.1) is 17.9 Å². The van der Waals surface area contributed by atoms with Crippen LogP contribution in [0.2, 0.25) is 0 Å². The van der Waals surface area contributed by atoms with Gasteiger partial charge in [0.2, 0.25) is 0 Å². The molecule has 11 heteroatoms. The van der Waals surface area contributed by atoms with Gasteiger partial charge in [0.15, 0.2) is 5.84 Å². The summed E-state index contributed by atoms with van der Waals surface area (Å²) in [6, 6.07) is 4.58. The number of nitriles is 1. The van der Waals surface area contributed by atoms with Crippen LogP contribution in [-0.4, -0.2) is 33.9 Å². The molecule has 0 aromatic carbocycles. The van der Waals surface area contributed by atoms with Crippen molar-refractivity contribution in [3.63, 3.8) is 0 Å². The molecule has 0 saturated heterocycles. The molecule has 2 aromatic heterocycles. The topological polar surface area (TPSA) is 126 Å². The van der Waals surface area contributed by atoms with Crippen LogP contribution in [0.25, 0.3) is 0 Å². The maximum Gasteiger partial charge on any atom is 0.415 e. The summed E-state index contributed by atoms with van der Waals surface area (Å²) in [5.74, 6) is -2.61. The molecule has 2 atom stereocenters. The van der Waals surface area contributed by atoms with E-state index in [9.17, 15) is 18.0 Å². The average molecular weight is 418 g/mol. The summed E-state index contributed by atoms with van der Waals surface area (Å²) >= 11 is 0. The number of anilines is 1. The van der Waals surface area contributed by atoms with E-state index in [4.69, 9.17) is 11.0 Å². The van der Waals surface area contributed by atoms with Crippen molar-refractivity contribution in [2.45, 2.75) is 38.5 Å². The lowest BCUT2D eigenvalue weighted by molar-refractivity contribution is -0.231. The van der Waals surface area contributed by atoms with Crippen LogP contribution < -0.4 is 11.1 Å². The average Bonchev–Trinajstić information content (AvgIpc) is 2.67. The smallest absolute Gasteiger partial charge is 0.380 e. The minimum Gasteiger partial charge on any atom is -0.380 e. The molecule has 0 spiro atoms. The number of pyridine rings is 2. The number of carbonyl (C=O) groups is 1. The normalized spacial score (nSPS) is 22.7. The van der Waals surface area contributed by atoms with Gasteiger partial charge < -0.3 is 15.8 Å². The van der Waals surface area contributed by atoms with Crippen molar-refractivity contribution in [2.75, 3.05) is 5.32 Å². The molecule has 0 fully saturated rings. The van der Waals surface area contributed by atoms with Crippen molar-refractivity contribution in [3.05, 3.63) is 52.7 Å². The second-order valence-corrected chi connectivity index (χ2v) is 6.93. The van der Waals surface area contributed by atoms with Crippen molar-refractivity contribution in [1.29, 1.82) is 5.26 Å². The molecule has 3 N–H and O–H groups in total. The summed E-state index contributed by atoms with van der Waals surface area (Å²) in [6.07, 6.45) is -2.92. The fourth-order valence-electron chi connectivity index (χ4n) is 3.03. The highest BCUT2D eigenvalue weighted by Gasteiger charge is 2.50. The van der Waals surface area contributed by atoms with Crippen LogP contribution in [0.4, 0.5) is 19.0 Å². The van der Waals surface area contributed by atoms with Crippen LogP contribution in [-0.2, 0) is 10.3 Å². The molecular formula is C19H17F3N6O2. The number of hydrogen-bond acceptors (Lipinski definition) is 7. The Hall–Kier alpha value is -3.52. The van der Waals surface area contributed by atoms with Gasteiger partial charge in [0.25, 0.3) is 5.91 Å². The van der Waals surface area contributed by atoms with Crippen LogP contribution in [0.5, 0.6) is 0 Å². The van der Waals surface area contributed by atoms with E-state index in [0.717, 1.165) is 6.20 Å². The van der Waals surface area contributed by atoms with E-state index in [0.29, 0.717) is 5.56 Å². The lowest BCUT2D eigenvalue weighted by Gasteiger charge is -2.39. The number of alkyl halides is 2. The molecule has 3 rings (SSSR count). The number of rotatable bonds is 3. The lowest BCUT2D eigenvalue weighted by atomic mass is 9.86. The highest BCUT2D eigenvalue weighted by atomic mass is 19.3. The highest BCUT2D eigenvalue weighted by Crippen LogP contribution is 2.40. The van der Waals surface area contributed by atoms with Crippen molar-refractivity contribution in [1.82, 2.24) is 9.97 Å². The first-order chi connectivity index (χ1) is 14.0. The fraction of sp³-hybridized carbons (Fsp3) is 0.316. The molecule has 0 bridgehead atoms. The van der Waals surface area contributed by atoms with Gasteiger partial charge in [-0.15, -0.1) is 0 Å². The van der Waals surface area contributed by atoms with Crippen molar-refractivity contribution in [2.24, 2.45) is 10.7 Å². The molecule has 30 heavy (non-hydrogen) atoms. The van der Waals surface area contributed by atoms with Crippen LogP contribution in [0.1, 0.15) is 41.0 Å². The lowest BCUT2D eigenvalue weighted by Crippen LogP contribution is -2.52. The Kier molecular flexibility index (Phi) is 5.22. The molecule has 0 radical (unpaired) electrons. The molecule has 8 nitrogen and oxygen atoms in total. The molecule has 2 unspecified atom stereocenters. The largest absolute Gasteiger partial charge is 0.415 e. The summed E-state index contributed by atoms with van der Waals surface area (Å²) in [6.45, 7) is 4.30. The van der Waals surface area contributed by atoms with E-state index < -0.39 is 35.3 Å². The minimum atomic E-state index is -3.77. The number of nitrogens with one attached hydrogen (secondary N) is 1. The number of ether oxygens (including phenoxy) is 1. The van der Waals surface area contributed by atoms with E-state index in [1.165, 1.54) is 32.2 Å². The van der Waals surface area contributed by atoms with Gasteiger partial charge in [0.1, 0.15) is 28.9 Å². The first kappa shape index (κ1) is 21.2. The number of halogens is 3. The first-order valence-electron chi connectivity index (χ1n) is 8.73. The van der Waals surface area contributed by atoms with E-state index in [1.54, 1.807) is 6.92 Å². The molecule has 156 valence electrons. The van der Waals surface area contributed by atoms with E-state index in [2.05, 4.69) is 25.0 Å². The summed E-state index contributed by atoms with van der Waals surface area (Å²) < 4.78 is 46.5. The molecule has 0 saturated carbocycles. The summed E-state index contributed by atoms with van der Waals surface area (Å²) in [4.78, 5) is 24.1. The van der Waals surface area contributed by atoms with E-state index in [1.807, 2.05) is 6.07 Å². The van der Waals surface area contributed by atoms with Gasteiger partial charge in [-0.2, -0.15) is 14.0 Å². The number of nitrogens with zero attached hydrogens (tertiary/aromatic N) is 4. The SMILES string of the molecule is Cc1cc(C#N)cnc1C(=O)Nc1cc(C2(C)N=C(N)C(F)(F)OC2C)c(F)cn1. The first-order valence-corrected chi connectivity index (χ1v) is 8.73. The number of aromatic nitrogens is 2. The van der Waals surface area contributed by atoms with Gasteiger partial charge in [0, 0.05) is 11.8 Å². The number of carbonyl (C=O) groups excluding carboxylic acids is 1. The van der Waals surface area contributed by atoms with Crippen molar-refractivity contribution in [3.8, 4) is 6.07 Å². The molecular weight excluding hydrogens is 401 g/mol. The third-order valence-corrected chi connectivity index (χ3v) is 4.83. The molecule has 0 aliphatic carbocycles. The molecule has 1 amide bonds. The number of amidine groups is 1. The highest BCUT2D eigenvalue weighted by molar-refractivity contribution is 6.03. The molecule has 2 aromatic rings. The summed E-state index contributed by atoms with van der Waals surface area (Å²) in [5.41, 5.74) is 4.38. The maximum atomic E-state index is 14.5. The van der Waals surface area contributed by atoms with Gasteiger partial charge >= 0.3 is 6.11 Å². The third kappa shape index (κ3) is 3.69. The Morgan fingerprint density at radius 2 is 2.03 bits per heavy atom. The van der Waals surface area contributed by atoms with Crippen LogP contribution in [0.15, 0.2) is 29.5 Å². The van der Waals surface area contributed by atoms with Crippen molar-refractivity contribution < 1.29 is 22.7 Å². The van der Waals surface area contributed by atoms with Gasteiger partial charge in [-0.05, 0) is 38.5 Å². The predicted octanol–water partition coefficient (Wildman–Crippen LogP) is 2.63. The molecule has 1 aliphatic rings. The van der Waals surface area contributed by atoms with E-state index >= 15 is 0 Å². The second kappa shape index (κ2) is 7.38. The zero-order valence-corrected chi connectivity index (χ0v) is 16.2. The van der Waals surface area contributed by atoms with Crippen LogP contribution in [0.3, 0.4) is 0 Å². The standard InChI is InChI=1S/C19H17F3N6O2/c1-9-4-11(6-23)7-26-15(9)16(29)27-14-5-12(13(20)8-25-14)18(3)10(2)30-19(21,22)17(24)28-18/h4-5,7-8,10H,1-3H3,(H2,24,28)(H,25,27,29). The van der Waals surface area contributed by atoms with Gasteiger partial charge in [-0.1, -0.05) is 0 Å². The number of amides is 1. The number of aryl methyl sites for hydroxylation is 1. The molecule has 3 heterocycles. The Morgan fingerprint density at radius 3 is 2.67 bits per heavy atom. The van der Waals surface area contributed by atoms with Crippen LogP contribution in [0, 0.1) is 24.1 Å². The molecule has 1 aliphatic heterocycles. The maximum absolute atomic E-state index is 14.5. The van der Waals surface area contributed by atoms with Crippen LogP contribution >= 0.6 is 0 Å². The minimum absolute atomic E-state index is 0.0455. The third-order valence-electron chi connectivity index (χ3n) is 4.83. The zero-order chi connectivity index (χ0) is 22.3. The summed E-state index contributed by atoms with van der Waals surface area (Å²) in [5, 5.41) is 11.4. The second-order valence-electron chi connectivity index (χ2n) is 6.93. The van der Waals surface area contributed by atoms with Gasteiger partial charge in [-0.3, -0.25) is 9.79 Å². The number of hydrogen-bond donors (Lipinski definition) is 2. The number of aliphatic imine (C=N–C) groups is 1. The Labute approximate surface area is 169 Å².